The summed E-state index contributed by atoms with van der Waals surface area (Å²) in [6, 6.07) is 0. The van der Waals surface area contributed by atoms with Gasteiger partial charge in [-0.2, -0.15) is 0 Å². The highest BCUT2D eigenvalue weighted by molar-refractivity contribution is 5.07. The van der Waals surface area contributed by atoms with Crippen molar-refractivity contribution >= 4 is 0 Å². The maximum atomic E-state index is 10.8. The second-order valence-electron chi connectivity index (χ2n) is 8.11. The molecule has 2 N–H and O–H groups in total. The zero-order chi connectivity index (χ0) is 15.8. The number of ether oxygens (including phenoxy) is 1. The van der Waals surface area contributed by atoms with Gasteiger partial charge in [0.25, 0.3) is 0 Å². The van der Waals surface area contributed by atoms with Crippen LogP contribution in [-0.2, 0) is 4.74 Å². The minimum atomic E-state index is -0.478. The maximum absolute atomic E-state index is 10.8. The molecular weight excluding hydrogens is 278 g/mol. The molecule has 2 saturated carbocycles. The first-order valence-corrected chi connectivity index (χ1v) is 9.22. The van der Waals surface area contributed by atoms with Crippen LogP contribution in [0.3, 0.4) is 0 Å². The molecule has 22 heavy (non-hydrogen) atoms. The Labute approximate surface area is 134 Å². The van der Waals surface area contributed by atoms with Crippen molar-refractivity contribution in [1.29, 1.82) is 0 Å². The number of hydrogen-bond donors (Lipinski definition) is 2. The summed E-state index contributed by atoms with van der Waals surface area (Å²) in [6.45, 7) is 7.84. The summed E-state index contributed by atoms with van der Waals surface area (Å²) < 4.78 is 5.83. The van der Waals surface area contributed by atoms with Crippen molar-refractivity contribution in [2.45, 2.75) is 76.6 Å². The van der Waals surface area contributed by atoms with E-state index in [0.29, 0.717) is 0 Å². The maximum Gasteiger partial charge on any atom is 0.0774 e. The molecule has 0 amide bonds. The van der Waals surface area contributed by atoms with Gasteiger partial charge in [-0.05, 0) is 64.5 Å². The van der Waals surface area contributed by atoms with Gasteiger partial charge in [-0.1, -0.05) is 6.92 Å². The number of β-amino-alcohol motifs (C(OH)–C–C–N with tert-alkyl or cyclic N) is 1. The summed E-state index contributed by atoms with van der Waals surface area (Å²) in [5.74, 6) is 0.766. The summed E-state index contributed by atoms with van der Waals surface area (Å²) in [6.07, 6.45) is 7.06. The number of rotatable bonds is 4. The normalized spacial score (nSPS) is 42.3. The Morgan fingerprint density at radius 3 is 2.32 bits per heavy atom. The van der Waals surface area contributed by atoms with Crippen molar-refractivity contribution in [3.63, 3.8) is 0 Å². The van der Waals surface area contributed by atoms with Crippen LogP contribution >= 0.6 is 0 Å². The van der Waals surface area contributed by atoms with E-state index in [-0.39, 0.29) is 17.6 Å². The molecule has 1 saturated heterocycles. The largest absolute Gasteiger partial charge is 0.392 e. The van der Waals surface area contributed by atoms with Crippen LogP contribution in [-0.4, -0.2) is 59.2 Å². The average Bonchev–Trinajstić information content (AvgIpc) is 2.51. The fourth-order valence-corrected chi connectivity index (χ4v) is 4.82. The average molecular weight is 311 g/mol. The lowest BCUT2D eigenvalue weighted by Crippen LogP contribution is -2.63. The van der Waals surface area contributed by atoms with Gasteiger partial charge >= 0.3 is 0 Å². The number of nitrogens with zero attached hydrogens (tertiary/aromatic N) is 1. The van der Waals surface area contributed by atoms with Crippen LogP contribution in [0, 0.1) is 11.3 Å². The van der Waals surface area contributed by atoms with Crippen molar-refractivity contribution in [2.24, 2.45) is 11.3 Å². The highest BCUT2D eigenvalue weighted by Gasteiger charge is 2.56. The van der Waals surface area contributed by atoms with Gasteiger partial charge in [-0.15, -0.1) is 0 Å². The fourth-order valence-electron chi connectivity index (χ4n) is 4.82. The van der Waals surface area contributed by atoms with Gasteiger partial charge in [-0.25, -0.2) is 0 Å². The molecule has 0 bridgehead atoms. The second-order valence-corrected chi connectivity index (χ2v) is 8.11. The Hall–Kier alpha value is -0.160. The van der Waals surface area contributed by atoms with Gasteiger partial charge in [0.05, 0.1) is 17.8 Å². The lowest BCUT2D eigenvalue weighted by atomic mass is 9.58. The topological polar surface area (TPSA) is 52.9 Å². The van der Waals surface area contributed by atoms with Gasteiger partial charge in [0.15, 0.2) is 0 Å². The van der Waals surface area contributed by atoms with E-state index < -0.39 is 5.60 Å². The fraction of sp³-hybridized carbons (Fsp3) is 1.00. The van der Waals surface area contributed by atoms with Crippen molar-refractivity contribution < 1.29 is 14.9 Å². The molecular formula is C18H33NO3. The molecule has 0 aromatic heterocycles. The lowest BCUT2D eigenvalue weighted by Gasteiger charge is -2.57. The SMILES string of the molecule is CCO[C@@H]1C[C@H](O)C12CCN(CC1(O)CCC(C)CC1)CC2. The third kappa shape index (κ3) is 3.08. The molecule has 4 nitrogen and oxygen atoms in total. The molecule has 4 heteroatoms. The van der Waals surface area contributed by atoms with Crippen LogP contribution in [0.2, 0.25) is 0 Å². The first-order chi connectivity index (χ1) is 10.5. The number of hydrogen-bond acceptors (Lipinski definition) is 4. The quantitative estimate of drug-likeness (QED) is 0.835. The van der Waals surface area contributed by atoms with E-state index in [2.05, 4.69) is 11.8 Å². The monoisotopic (exact) mass is 311 g/mol. The van der Waals surface area contributed by atoms with E-state index in [9.17, 15) is 10.2 Å². The van der Waals surface area contributed by atoms with Crippen molar-refractivity contribution in [3.05, 3.63) is 0 Å². The summed E-state index contributed by atoms with van der Waals surface area (Å²) in [4.78, 5) is 2.41. The molecule has 3 rings (SSSR count). The minimum Gasteiger partial charge on any atom is -0.392 e. The standard InChI is InChI=1S/C18H33NO3/c1-3-22-16-12-15(20)18(16)8-10-19(11-9-18)13-17(21)6-4-14(2)5-7-17/h14-16,20-21H,3-13H2,1-2H3/t14?,15-,16+,17?/m0/s1. The van der Waals surface area contributed by atoms with Crippen LogP contribution in [0.4, 0.5) is 0 Å². The van der Waals surface area contributed by atoms with Gasteiger partial charge < -0.3 is 19.8 Å². The van der Waals surface area contributed by atoms with Crippen LogP contribution in [0.5, 0.6) is 0 Å². The highest BCUT2D eigenvalue weighted by Crippen LogP contribution is 2.51. The van der Waals surface area contributed by atoms with Gasteiger partial charge in [0.2, 0.25) is 0 Å². The molecule has 0 aromatic rings. The molecule has 3 aliphatic rings. The third-order valence-electron chi connectivity index (χ3n) is 6.62. The smallest absolute Gasteiger partial charge is 0.0774 e. The molecule has 0 unspecified atom stereocenters. The molecule has 1 aliphatic heterocycles. The van der Waals surface area contributed by atoms with E-state index in [1.54, 1.807) is 0 Å². The zero-order valence-electron chi connectivity index (χ0n) is 14.3. The second kappa shape index (κ2) is 6.39. The van der Waals surface area contributed by atoms with E-state index >= 15 is 0 Å². The number of aliphatic hydroxyl groups is 2. The highest BCUT2D eigenvalue weighted by atomic mass is 16.5. The summed E-state index contributed by atoms with van der Waals surface area (Å²) in [5.41, 5.74) is -0.481. The van der Waals surface area contributed by atoms with E-state index in [4.69, 9.17) is 4.74 Å². The van der Waals surface area contributed by atoms with Crippen molar-refractivity contribution in [2.75, 3.05) is 26.2 Å². The number of piperidine rings is 1. The molecule has 0 radical (unpaired) electrons. The summed E-state index contributed by atoms with van der Waals surface area (Å²) in [5, 5.41) is 21.1. The van der Waals surface area contributed by atoms with Crippen molar-refractivity contribution in [1.82, 2.24) is 4.90 Å². The molecule has 128 valence electrons. The van der Waals surface area contributed by atoms with Gasteiger partial charge in [0.1, 0.15) is 0 Å². The van der Waals surface area contributed by atoms with Gasteiger partial charge in [-0.3, -0.25) is 0 Å². The Kier molecular flexibility index (Phi) is 4.84. The zero-order valence-corrected chi connectivity index (χ0v) is 14.3. The molecule has 2 aliphatic carbocycles. The third-order valence-corrected chi connectivity index (χ3v) is 6.62. The summed E-state index contributed by atoms with van der Waals surface area (Å²) in [7, 11) is 0. The van der Waals surface area contributed by atoms with E-state index in [1.807, 2.05) is 6.92 Å². The van der Waals surface area contributed by atoms with Crippen LogP contribution in [0.25, 0.3) is 0 Å². The predicted molar refractivity (Wildman–Crippen MR) is 86.7 cm³/mol. The minimum absolute atomic E-state index is 0.00376. The Bertz CT molecular complexity index is 369. The first-order valence-electron chi connectivity index (χ1n) is 9.22. The Balaban J connectivity index is 1.51. The van der Waals surface area contributed by atoms with Crippen LogP contribution < -0.4 is 0 Å². The first kappa shape index (κ1) is 16.7. The predicted octanol–water partition coefficient (Wildman–Crippen LogP) is 2.18. The molecule has 1 spiro atoms. The molecule has 2 atom stereocenters. The molecule has 3 fully saturated rings. The number of likely N-dealkylation sites (tertiary alicyclic amines) is 1. The summed E-state index contributed by atoms with van der Waals surface area (Å²) >= 11 is 0. The van der Waals surface area contributed by atoms with Crippen LogP contribution in [0.1, 0.15) is 58.8 Å². The molecule has 0 aromatic carbocycles. The van der Waals surface area contributed by atoms with E-state index in [1.165, 1.54) is 0 Å². The number of aliphatic hydroxyl groups excluding tert-OH is 1. The van der Waals surface area contributed by atoms with E-state index in [0.717, 1.165) is 77.1 Å². The Morgan fingerprint density at radius 2 is 1.77 bits per heavy atom. The van der Waals surface area contributed by atoms with Crippen molar-refractivity contribution in [3.8, 4) is 0 Å². The van der Waals surface area contributed by atoms with Gasteiger partial charge in [0, 0.05) is 25.0 Å². The lowest BCUT2D eigenvalue weighted by molar-refractivity contribution is -0.211. The Morgan fingerprint density at radius 1 is 1.14 bits per heavy atom. The van der Waals surface area contributed by atoms with Crippen LogP contribution in [0.15, 0.2) is 0 Å². The molecule has 1 heterocycles.